The molecule has 0 amide bonds. The van der Waals surface area contributed by atoms with Crippen LogP contribution in [0.3, 0.4) is 0 Å². The standard InChI is InChI=1S/C20H26O4/c1-16(10-6-5-9-15-23-17(2)21)20(24-18(3)22)14-13-19-11-7-4-8-12-19/h4,6-8,10-12,20H,1,5,9,13-15H2,2-3H3/b10-6+/t20-/m1/s1. The Labute approximate surface area is 144 Å². The summed E-state index contributed by atoms with van der Waals surface area (Å²) in [6, 6.07) is 10.1. The van der Waals surface area contributed by atoms with E-state index in [0.717, 1.165) is 24.8 Å². The molecule has 0 unspecified atom stereocenters. The predicted molar refractivity (Wildman–Crippen MR) is 94.5 cm³/mol. The van der Waals surface area contributed by atoms with Crippen molar-refractivity contribution in [1.82, 2.24) is 0 Å². The lowest BCUT2D eigenvalue weighted by Gasteiger charge is -2.17. The minimum atomic E-state index is -0.326. The van der Waals surface area contributed by atoms with Crippen LogP contribution >= 0.6 is 0 Å². The van der Waals surface area contributed by atoms with Crippen LogP contribution in [0.25, 0.3) is 0 Å². The highest BCUT2D eigenvalue weighted by molar-refractivity contribution is 5.66. The van der Waals surface area contributed by atoms with Crippen LogP contribution in [-0.2, 0) is 25.5 Å². The van der Waals surface area contributed by atoms with Gasteiger partial charge in [0.1, 0.15) is 6.10 Å². The highest BCUT2D eigenvalue weighted by Gasteiger charge is 2.14. The molecule has 130 valence electrons. The van der Waals surface area contributed by atoms with E-state index < -0.39 is 0 Å². The molecule has 0 fully saturated rings. The summed E-state index contributed by atoms with van der Waals surface area (Å²) in [4.78, 5) is 22.0. The zero-order chi connectivity index (χ0) is 17.8. The minimum absolute atomic E-state index is 0.265. The Morgan fingerprint density at radius 3 is 2.50 bits per heavy atom. The fraction of sp³-hybridized carbons (Fsp3) is 0.400. The number of allylic oxidation sites excluding steroid dienone is 1. The summed E-state index contributed by atoms with van der Waals surface area (Å²) in [5, 5.41) is 0. The van der Waals surface area contributed by atoms with Gasteiger partial charge >= 0.3 is 11.9 Å². The Balaban J connectivity index is 2.45. The smallest absolute Gasteiger partial charge is 0.303 e. The first-order valence-electron chi connectivity index (χ1n) is 8.19. The van der Waals surface area contributed by atoms with Gasteiger partial charge in [0.05, 0.1) is 6.61 Å². The molecule has 1 atom stereocenters. The Kier molecular flexibility index (Phi) is 9.20. The van der Waals surface area contributed by atoms with E-state index in [4.69, 9.17) is 9.47 Å². The van der Waals surface area contributed by atoms with Crippen LogP contribution in [0.2, 0.25) is 0 Å². The monoisotopic (exact) mass is 330 g/mol. The van der Waals surface area contributed by atoms with Crippen molar-refractivity contribution in [2.75, 3.05) is 6.61 Å². The first-order chi connectivity index (χ1) is 11.5. The Hall–Kier alpha value is -2.36. The summed E-state index contributed by atoms with van der Waals surface area (Å²) in [7, 11) is 0. The van der Waals surface area contributed by atoms with E-state index >= 15 is 0 Å². The van der Waals surface area contributed by atoms with Gasteiger partial charge in [-0.2, -0.15) is 0 Å². The van der Waals surface area contributed by atoms with Crippen LogP contribution in [0.1, 0.15) is 38.7 Å². The van der Waals surface area contributed by atoms with E-state index in [1.807, 2.05) is 30.4 Å². The zero-order valence-electron chi connectivity index (χ0n) is 14.5. The molecule has 0 aromatic heterocycles. The van der Waals surface area contributed by atoms with Gasteiger partial charge < -0.3 is 9.47 Å². The molecule has 0 aliphatic rings. The summed E-state index contributed by atoms with van der Waals surface area (Å²) in [6.07, 6.45) is 6.56. The van der Waals surface area contributed by atoms with Gasteiger partial charge in [0.15, 0.2) is 0 Å². The van der Waals surface area contributed by atoms with Crippen molar-refractivity contribution in [3.63, 3.8) is 0 Å². The Bertz CT molecular complexity index is 560. The van der Waals surface area contributed by atoms with E-state index in [9.17, 15) is 9.59 Å². The minimum Gasteiger partial charge on any atom is -0.466 e. The molecule has 0 aliphatic carbocycles. The molecule has 0 aliphatic heterocycles. The van der Waals surface area contributed by atoms with E-state index in [1.54, 1.807) is 0 Å². The summed E-state index contributed by atoms with van der Waals surface area (Å²) < 4.78 is 10.3. The Morgan fingerprint density at radius 2 is 1.88 bits per heavy atom. The number of ether oxygens (including phenoxy) is 2. The van der Waals surface area contributed by atoms with Gasteiger partial charge in [-0.15, -0.1) is 0 Å². The summed E-state index contributed by atoms with van der Waals surface area (Å²) >= 11 is 0. The summed E-state index contributed by atoms with van der Waals surface area (Å²) in [6.45, 7) is 7.23. The zero-order valence-corrected chi connectivity index (χ0v) is 14.5. The highest BCUT2D eigenvalue weighted by atomic mass is 16.5. The normalized spacial score (nSPS) is 11.9. The van der Waals surface area contributed by atoms with Crippen LogP contribution in [0, 0.1) is 0 Å². The maximum absolute atomic E-state index is 11.3. The second-order valence-corrected chi connectivity index (χ2v) is 5.58. The predicted octanol–water partition coefficient (Wildman–Crippen LogP) is 4.01. The molecule has 0 spiro atoms. The van der Waals surface area contributed by atoms with Crippen LogP contribution in [0.5, 0.6) is 0 Å². The molecule has 0 heterocycles. The van der Waals surface area contributed by atoms with E-state index in [1.165, 1.54) is 19.4 Å². The number of unbranched alkanes of at least 4 members (excludes halogenated alkanes) is 1. The van der Waals surface area contributed by atoms with E-state index in [0.29, 0.717) is 13.0 Å². The van der Waals surface area contributed by atoms with Crippen molar-refractivity contribution in [3.8, 4) is 0 Å². The van der Waals surface area contributed by atoms with Crippen molar-refractivity contribution in [2.24, 2.45) is 0 Å². The van der Waals surface area contributed by atoms with Crippen molar-refractivity contribution in [2.45, 2.75) is 45.6 Å². The molecule has 4 nitrogen and oxygen atoms in total. The fourth-order valence-corrected chi connectivity index (χ4v) is 2.22. The van der Waals surface area contributed by atoms with Gasteiger partial charge in [0.25, 0.3) is 0 Å². The maximum atomic E-state index is 11.3. The molecule has 1 rings (SSSR count). The number of hydrogen-bond donors (Lipinski definition) is 0. The van der Waals surface area contributed by atoms with E-state index in [2.05, 4.69) is 18.7 Å². The topological polar surface area (TPSA) is 52.6 Å². The van der Waals surface area contributed by atoms with Gasteiger partial charge in [0.2, 0.25) is 0 Å². The van der Waals surface area contributed by atoms with E-state index in [-0.39, 0.29) is 18.0 Å². The maximum Gasteiger partial charge on any atom is 0.303 e. The average molecular weight is 330 g/mol. The molecule has 4 heteroatoms. The molecule has 0 N–H and O–H groups in total. The Morgan fingerprint density at radius 1 is 1.17 bits per heavy atom. The molecule has 0 radical (unpaired) electrons. The number of aryl methyl sites for hydroxylation is 1. The third kappa shape index (κ3) is 8.93. The van der Waals surface area contributed by atoms with Crippen LogP contribution in [0.4, 0.5) is 0 Å². The molecule has 0 saturated heterocycles. The number of hydrogen-bond acceptors (Lipinski definition) is 4. The lowest BCUT2D eigenvalue weighted by atomic mass is 10.0. The van der Waals surface area contributed by atoms with Crippen molar-refractivity contribution in [3.05, 3.63) is 60.2 Å². The summed E-state index contributed by atoms with van der Waals surface area (Å²) in [5.74, 6) is -0.573. The first kappa shape index (κ1) is 19.7. The third-order valence-electron chi connectivity index (χ3n) is 3.41. The number of rotatable bonds is 10. The number of carbonyl (C=O) groups is 2. The second kappa shape index (κ2) is 11.2. The molecular weight excluding hydrogens is 304 g/mol. The van der Waals surface area contributed by atoms with Gasteiger partial charge in [-0.3, -0.25) is 9.59 Å². The molecular formula is C20H26O4. The quantitative estimate of drug-likeness (QED) is 0.369. The highest BCUT2D eigenvalue weighted by Crippen LogP contribution is 2.15. The fourth-order valence-electron chi connectivity index (χ4n) is 2.22. The molecule has 1 aromatic rings. The lowest BCUT2D eigenvalue weighted by Crippen LogP contribution is -2.18. The van der Waals surface area contributed by atoms with Crippen LogP contribution in [-0.4, -0.2) is 24.6 Å². The van der Waals surface area contributed by atoms with Crippen molar-refractivity contribution < 1.29 is 19.1 Å². The van der Waals surface area contributed by atoms with Gasteiger partial charge in [-0.25, -0.2) is 0 Å². The third-order valence-corrected chi connectivity index (χ3v) is 3.41. The van der Waals surface area contributed by atoms with Crippen molar-refractivity contribution >= 4 is 11.9 Å². The SMILES string of the molecule is C=C(/C=C/CCCOC(C)=O)[C@@H](CCc1ccccc1)OC(C)=O. The number of esters is 2. The average Bonchev–Trinajstić information content (AvgIpc) is 2.54. The van der Waals surface area contributed by atoms with Gasteiger partial charge in [-0.1, -0.05) is 49.1 Å². The molecule has 0 saturated carbocycles. The van der Waals surface area contributed by atoms with Gasteiger partial charge in [-0.05, 0) is 36.8 Å². The molecule has 24 heavy (non-hydrogen) atoms. The van der Waals surface area contributed by atoms with Crippen LogP contribution < -0.4 is 0 Å². The van der Waals surface area contributed by atoms with Gasteiger partial charge in [0, 0.05) is 13.8 Å². The molecule has 1 aromatic carbocycles. The van der Waals surface area contributed by atoms with Crippen molar-refractivity contribution in [1.29, 1.82) is 0 Å². The lowest BCUT2D eigenvalue weighted by molar-refractivity contribution is -0.144. The summed E-state index contributed by atoms with van der Waals surface area (Å²) in [5.41, 5.74) is 1.97. The largest absolute Gasteiger partial charge is 0.466 e. The number of benzene rings is 1. The number of carbonyl (C=O) groups excluding carboxylic acids is 2. The second-order valence-electron chi connectivity index (χ2n) is 5.58. The molecule has 0 bridgehead atoms. The van der Waals surface area contributed by atoms with Crippen LogP contribution in [0.15, 0.2) is 54.6 Å². The first-order valence-corrected chi connectivity index (χ1v) is 8.19.